The van der Waals surface area contributed by atoms with Crippen molar-refractivity contribution >= 4 is 43.5 Å². The second-order valence-electron chi connectivity index (χ2n) is 13.4. The van der Waals surface area contributed by atoms with Gasteiger partial charge in [0, 0.05) is 55.0 Å². The van der Waals surface area contributed by atoms with Crippen LogP contribution >= 0.6 is 11.3 Å². The Labute approximate surface area is 258 Å². The first kappa shape index (κ1) is 27.1. The molecule has 4 aliphatic heterocycles. The predicted octanol–water partition coefficient (Wildman–Crippen LogP) is 5.10. The average Bonchev–Trinajstić information content (AvgIpc) is 3.43. The maximum absolute atomic E-state index is 14.9. The minimum atomic E-state index is -0.827. The smallest absolute Gasteiger partial charge is 0.319 e. The van der Waals surface area contributed by atoms with Crippen molar-refractivity contribution in [1.29, 1.82) is 0 Å². The second kappa shape index (κ2) is 9.89. The van der Waals surface area contributed by atoms with E-state index in [1.54, 1.807) is 6.07 Å². The highest BCUT2D eigenvalue weighted by molar-refractivity contribution is 7.22. The van der Waals surface area contributed by atoms with Gasteiger partial charge in [0.1, 0.15) is 29.6 Å². The number of pyridine rings is 1. The van der Waals surface area contributed by atoms with Crippen molar-refractivity contribution in [2.24, 2.45) is 0 Å². The van der Waals surface area contributed by atoms with Crippen LogP contribution in [0.25, 0.3) is 32.4 Å². The summed E-state index contributed by atoms with van der Waals surface area (Å²) in [7, 11) is 0. The van der Waals surface area contributed by atoms with Gasteiger partial charge in [-0.05, 0) is 75.6 Å². The number of nitrogens with one attached hydrogen (secondary N) is 1. The Morgan fingerprint density at radius 2 is 1.89 bits per heavy atom. The Bertz CT molecular complexity index is 1800. The van der Waals surface area contributed by atoms with Crippen LogP contribution in [0, 0.1) is 12.7 Å². The summed E-state index contributed by atoms with van der Waals surface area (Å²) in [5.41, 5.74) is 11.7. The molecule has 2 unspecified atom stereocenters. The van der Waals surface area contributed by atoms with Crippen molar-refractivity contribution < 1.29 is 13.5 Å². The minimum absolute atomic E-state index is 0.298. The minimum Gasteiger partial charge on any atom is -0.461 e. The summed E-state index contributed by atoms with van der Waals surface area (Å²) < 4.78 is 36.4. The number of nitrogens with zero attached hydrogens (tertiary/aromatic N) is 6. The van der Waals surface area contributed by atoms with E-state index in [0.717, 1.165) is 97.4 Å². The molecule has 5 fully saturated rings. The lowest BCUT2D eigenvalue weighted by Gasteiger charge is -2.37. The monoisotopic (exact) mass is 618 g/mol. The lowest BCUT2D eigenvalue weighted by atomic mass is 9.93. The quantitative estimate of drug-likeness (QED) is 0.305. The molecule has 0 amide bonds. The molecule has 12 heteroatoms. The van der Waals surface area contributed by atoms with E-state index in [1.165, 1.54) is 17.4 Å². The number of aromatic nitrogens is 4. The van der Waals surface area contributed by atoms with Gasteiger partial charge in [-0.25, -0.2) is 18.7 Å². The maximum Gasteiger partial charge on any atom is 0.319 e. The number of hydrogen-bond donors (Lipinski definition) is 2. The molecule has 5 aliphatic rings. The Hall–Kier alpha value is -3.22. The molecule has 3 aromatic heterocycles. The van der Waals surface area contributed by atoms with E-state index in [2.05, 4.69) is 20.1 Å². The number of alkyl halides is 1. The molecule has 4 atom stereocenters. The number of piperazine rings is 1. The summed E-state index contributed by atoms with van der Waals surface area (Å²) >= 11 is 1.17. The van der Waals surface area contributed by atoms with Crippen molar-refractivity contribution in [3.63, 3.8) is 0 Å². The van der Waals surface area contributed by atoms with Crippen molar-refractivity contribution in [1.82, 2.24) is 30.2 Å². The standard InChI is InChI=1S/C32H36F2N8OS/c1-16-23(21-7-8-22(34)28-25(21)38-30(35)44-28)24(17-3-4-17)26-27(37-16)29(42-19-5-6-20(42)13-36-12-19)40-31(39-26)43-15-32-9-2-10-41(32)14-18(33)11-32/h7-8,17-20,36H,2-6,9-15H2,1H3,(H2,35,38)/t18-,19?,20?,32+/m1/s1. The van der Waals surface area contributed by atoms with Gasteiger partial charge in [-0.1, -0.05) is 11.3 Å². The Morgan fingerprint density at radius 1 is 1.07 bits per heavy atom. The first-order valence-corrected chi connectivity index (χ1v) is 16.8. The summed E-state index contributed by atoms with van der Waals surface area (Å²) in [6.45, 7) is 5.58. The number of thiazole rings is 1. The third-order valence-electron chi connectivity index (χ3n) is 10.6. The highest BCUT2D eigenvalue weighted by Gasteiger charge is 2.49. The number of nitrogen functional groups attached to an aromatic ring is 1. The first-order chi connectivity index (χ1) is 21.4. The number of aryl methyl sites for hydroxylation is 1. The number of halogens is 2. The fourth-order valence-electron chi connectivity index (χ4n) is 8.57. The number of ether oxygens (including phenoxy) is 1. The largest absolute Gasteiger partial charge is 0.461 e. The Morgan fingerprint density at radius 3 is 2.68 bits per heavy atom. The first-order valence-electron chi connectivity index (χ1n) is 16.0. The molecule has 7 heterocycles. The van der Waals surface area contributed by atoms with E-state index >= 15 is 0 Å². The van der Waals surface area contributed by atoms with E-state index in [9.17, 15) is 8.78 Å². The van der Waals surface area contributed by atoms with E-state index in [0.29, 0.717) is 58.9 Å². The summed E-state index contributed by atoms with van der Waals surface area (Å²) in [5.74, 6) is 0.800. The third-order valence-corrected chi connectivity index (χ3v) is 11.5. The summed E-state index contributed by atoms with van der Waals surface area (Å²) in [5, 5.41) is 3.92. The van der Waals surface area contributed by atoms with Gasteiger partial charge in [0.15, 0.2) is 10.9 Å². The number of hydrogen-bond acceptors (Lipinski definition) is 10. The predicted molar refractivity (Wildman–Crippen MR) is 168 cm³/mol. The average molecular weight is 619 g/mol. The zero-order valence-electron chi connectivity index (χ0n) is 24.8. The van der Waals surface area contributed by atoms with Crippen molar-refractivity contribution in [3.8, 4) is 17.1 Å². The van der Waals surface area contributed by atoms with Crippen LogP contribution in [0.3, 0.4) is 0 Å². The molecule has 4 aromatic rings. The fourth-order valence-corrected chi connectivity index (χ4v) is 9.33. The summed E-state index contributed by atoms with van der Waals surface area (Å²) in [4.78, 5) is 24.7. The van der Waals surface area contributed by atoms with Crippen LogP contribution in [-0.4, -0.2) is 81.4 Å². The molecule has 1 saturated carbocycles. The van der Waals surface area contributed by atoms with E-state index in [-0.39, 0.29) is 11.4 Å². The molecule has 0 spiro atoms. The molecule has 2 bridgehead atoms. The van der Waals surface area contributed by atoms with Crippen molar-refractivity contribution in [2.75, 3.05) is 43.4 Å². The summed E-state index contributed by atoms with van der Waals surface area (Å²) in [6, 6.07) is 4.28. The Balaban J connectivity index is 1.24. The zero-order valence-corrected chi connectivity index (χ0v) is 25.6. The van der Waals surface area contributed by atoms with Gasteiger partial charge in [0.05, 0.1) is 15.8 Å². The molecule has 4 saturated heterocycles. The van der Waals surface area contributed by atoms with E-state index < -0.39 is 6.17 Å². The molecular formula is C32H36F2N8OS. The van der Waals surface area contributed by atoms with Crippen LogP contribution in [0.2, 0.25) is 0 Å². The molecule has 9 rings (SSSR count). The number of rotatable bonds is 6. The van der Waals surface area contributed by atoms with Gasteiger partial charge in [0.2, 0.25) is 0 Å². The van der Waals surface area contributed by atoms with Gasteiger partial charge in [-0.3, -0.25) is 4.90 Å². The number of fused-ring (bicyclic) bond motifs is 5. The molecule has 9 nitrogen and oxygen atoms in total. The van der Waals surface area contributed by atoms with Crippen LogP contribution in [0.4, 0.5) is 19.7 Å². The maximum atomic E-state index is 14.9. The van der Waals surface area contributed by atoms with Crippen molar-refractivity contribution in [2.45, 2.75) is 81.6 Å². The van der Waals surface area contributed by atoms with Gasteiger partial charge in [-0.2, -0.15) is 9.97 Å². The summed E-state index contributed by atoms with van der Waals surface area (Å²) in [6.07, 6.45) is 5.92. The highest BCUT2D eigenvalue weighted by Crippen LogP contribution is 2.51. The van der Waals surface area contributed by atoms with Crippen molar-refractivity contribution in [3.05, 3.63) is 29.2 Å². The van der Waals surface area contributed by atoms with Gasteiger partial charge >= 0.3 is 6.01 Å². The van der Waals surface area contributed by atoms with Crippen LogP contribution in [-0.2, 0) is 0 Å². The normalized spacial score (nSPS) is 28.4. The molecule has 44 heavy (non-hydrogen) atoms. The lowest BCUT2D eigenvalue weighted by molar-refractivity contribution is 0.107. The molecule has 3 N–H and O–H groups in total. The van der Waals surface area contributed by atoms with Gasteiger partial charge in [0.25, 0.3) is 0 Å². The van der Waals surface area contributed by atoms with E-state index in [1.807, 2.05) is 6.92 Å². The van der Waals surface area contributed by atoms with Crippen LogP contribution in [0.15, 0.2) is 12.1 Å². The van der Waals surface area contributed by atoms with Crippen LogP contribution in [0.1, 0.15) is 62.1 Å². The van der Waals surface area contributed by atoms with Crippen LogP contribution in [0.5, 0.6) is 6.01 Å². The lowest BCUT2D eigenvalue weighted by Crippen LogP contribution is -2.52. The molecule has 1 aromatic carbocycles. The van der Waals surface area contributed by atoms with Gasteiger partial charge in [-0.15, -0.1) is 0 Å². The Kier molecular flexibility index (Phi) is 6.10. The number of anilines is 2. The second-order valence-corrected chi connectivity index (χ2v) is 14.5. The topological polar surface area (TPSA) is 105 Å². The number of benzene rings is 1. The van der Waals surface area contributed by atoms with E-state index in [4.69, 9.17) is 25.4 Å². The molecule has 0 radical (unpaired) electrons. The third kappa shape index (κ3) is 4.13. The SMILES string of the molecule is Cc1nc2c(N3C4CCC3CNC4)nc(OC[C@@]34CCCN3C[C@H](F)C4)nc2c(C2CC2)c1-c1ccc(F)c2sc(N)nc12. The van der Waals surface area contributed by atoms with Gasteiger partial charge < -0.3 is 20.7 Å². The fraction of sp³-hybridized carbons (Fsp3) is 0.562. The molecule has 1 aliphatic carbocycles. The zero-order chi connectivity index (χ0) is 29.7. The molecular weight excluding hydrogens is 582 g/mol. The highest BCUT2D eigenvalue weighted by atomic mass is 32.1. The number of nitrogens with two attached hydrogens (primary N) is 1. The van der Waals surface area contributed by atoms with Crippen LogP contribution < -0.4 is 20.7 Å². The molecule has 230 valence electrons.